The summed E-state index contributed by atoms with van der Waals surface area (Å²) in [7, 11) is 1.64. The summed E-state index contributed by atoms with van der Waals surface area (Å²) in [6.07, 6.45) is -4.42. The molecule has 0 unspecified atom stereocenters. The third-order valence-corrected chi connectivity index (χ3v) is 3.02. The molecular formula is C13H10F3N3O. The first-order valence-electron chi connectivity index (χ1n) is 5.76. The lowest BCUT2D eigenvalue weighted by Crippen LogP contribution is -2.04. The Kier molecular flexibility index (Phi) is 2.53. The minimum absolute atomic E-state index is 0.0229. The average molecular weight is 281 g/mol. The first kappa shape index (κ1) is 12.6. The van der Waals surface area contributed by atoms with E-state index in [1.54, 1.807) is 13.1 Å². The van der Waals surface area contributed by atoms with Gasteiger partial charge >= 0.3 is 6.18 Å². The number of anilines is 1. The summed E-state index contributed by atoms with van der Waals surface area (Å²) >= 11 is 0. The lowest BCUT2D eigenvalue weighted by Gasteiger charge is -2.06. The second-order valence-electron chi connectivity index (χ2n) is 4.40. The van der Waals surface area contributed by atoms with Gasteiger partial charge in [-0.05, 0) is 18.2 Å². The minimum Gasteiger partial charge on any atom is -0.454 e. The predicted molar refractivity (Wildman–Crippen MR) is 67.8 cm³/mol. The largest absolute Gasteiger partial charge is 0.454 e. The van der Waals surface area contributed by atoms with Crippen LogP contribution in [0.4, 0.5) is 19.0 Å². The molecule has 0 amide bonds. The molecule has 0 saturated carbocycles. The Morgan fingerprint density at radius 3 is 2.60 bits per heavy atom. The molecule has 0 atom stereocenters. The molecule has 1 aromatic carbocycles. The Labute approximate surface area is 111 Å². The maximum absolute atomic E-state index is 12.9. The van der Waals surface area contributed by atoms with Crippen molar-refractivity contribution in [1.82, 2.24) is 9.78 Å². The molecule has 7 heteroatoms. The number of hydrogen-bond acceptors (Lipinski definition) is 3. The first-order chi connectivity index (χ1) is 9.36. The molecular weight excluding hydrogens is 271 g/mol. The molecule has 2 heterocycles. The monoisotopic (exact) mass is 281 g/mol. The van der Waals surface area contributed by atoms with E-state index >= 15 is 0 Å². The second-order valence-corrected chi connectivity index (χ2v) is 4.40. The van der Waals surface area contributed by atoms with E-state index in [0.29, 0.717) is 11.5 Å². The Hall–Kier alpha value is -2.44. The van der Waals surface area contributed by atoms with E-state index in [2.05, 4.69) is 5.10 Å². The van der Waals surface area contributed by atoms with Gasteiger partial charge in [-0.15, -0.1) is 0 Å². The fourth-order valence-corrected chi connectivity index (χ4v) is 2.15. The van der Waals surface area contributed by atoms with Crippen LogP contribution in [0.2, 0.25) is 0 Å². The van der Waals surface area contributed by atoms with Crippen molar-refractivity contribution in [1.29, 1.82) is 0 Å². The maximum atomic E-state index is 12.9. The number of nitrogens with zero attached hydrogens (tertiary/aromatic N) is 2. The van der Waals surface area contributed by atoms with Gasteiger partial charge in [0.25, 0.3) is 0 Å². The summed E-state index contributed by atoms with van der Waals surface area (Å²) in [6, 6.07) is 6.74. The number of furan rings is 1. The van der Waals surface area contributed by atoms with Gasteiger partial charge in [0.1, 0.15) is 17.1 Å². The first-order valence-corrected chi connectivity index (χ1v) is 5.76. The van der Waals surface area contributed by atoms with Gasteiger partial charge in [0.15, 0.2) is 5.76 Å². The smallest absolute Gasteiger partial charge is 0.417 e. The molecule has 3 rings (SSSR count). The SMILES string of the molecule is Cn1nc(N)cc1-c1cc2c(C(F)(F)F)cccc2o1. The Bertz CT molecular complexity index is 786. The zero-order chi connectivity index (χ0) is 14.5. The standard InChI is InChI=1S/C13H10F3N3O/c1-19-9(6-12(17)18-19)11-5-7-8(13(14,15)16)3-2-4-10(7)20-11/h2-6H,1H3,(H2,17,18). The Morgan fingerprint density at radius 2 is 2.00 bits per heavy atom. The van der Waals surface area contributed by atoms with Gasteiger partial charge in [-0.2, -0.15) is 18.3 Å². The highest BCUT2D eigenvalue weighted by Crippen LogP contribution is 2.38. The van der Waals surface area contributed by atoms with Crippen molar-refractivity contribution in [3.05, 3.63) is 35.9 Å². The molecule has 0 radical (unpaired) electrons. The summed E-state index contributed by atoms with van der Waals surface area (Å²) in [5.74, 6) is 0.572. The zero-order valence-corrected chi connectivity index (χ0v) is 10.4. The van der Waals surface area contributed by atoms with Crippen molar-refractivity contribution in [2.75, 3.05) is 5.73 Å². The topological polar surface area (TPSA) is 57.0 Å². The quantitative estimate of drug-likeness (QED) is 0.743. The van der Waals surface area contributed by atoms with Crippen molar-refractivity contribution in [3.63, 3.8) is 0 Å². The van der Waals surface area contributed by atoms with Crippen LogP contribution < -0.4 is 5.73 Å². The fourth-order valence-electron chi connectivity index (χ4n) is 2.15. The maximum Gasteiger partial charge on any atom is 0.417 e. The zero-order valence-electron chi connectivity index (χ0n) is 10.4. The summed E-state index contributed by atoms with van der Waals surface area (Å²) in [5.41, 5.74) is 5.53. The van der Waals surface area contributed by atoms with Crippen LogP contribution in [0.15, 0.2) is 34.7 Å². The van der Waals surface area contributed by atoms with Crippen molar-refractivity contribution in [3.8, 4) is 11.5 Å². The van der Waals surface area contributed by atoms with Crippen molar-refractivity contribution in [2.24, 2.45) is 7.05 Å². The molecule has 0 aliphatic rings. The summed E-state index contributed by atoms with van der Waals surface area (Å²) in [5, 5.41) is 3.96. The van der Waals surface area contributed by atoms with E-state index < -0.39 is 11.7 Å². The van der Waals surface area contributed by atoms with Crippen LogP contribution in [0.25, 0.3) is 22.4 Å². The number of benzene rings is 1. The molecule has 0 bridgehead atoms. The fraction of sp³-hybridized carbons (Fsp3) is 0.154. The third-order valence-electron chi connectivity index (χ3n) is 3.02. The van der Waals surface area contributed by atoms with Gasteiger partial charge in [0, 0.05) is 18.5 Å². The molecule has 2 N–H and O–H groups in total. The highest BCUT2D eigenvalue weighted by Gasteiger charge is 2.33. The molecule has 0 spiro atoms. The van der Waals surface area contributed by atoms with Gasteiger partial charge in [-0.25, -0.2) is 0 Å². The number of fused-ring (bicyclic) bond motifs is 1. The molecule has 0 fully saturated rings. The number of nitrogen functional groups attached to an aromatic ring is 1. The number of aryl methyl sites for hydroxylation is 1. The van der Waals surface area contributed by atoms with E-state index in [1.165, 1.54) is 22.9 Å². The number of hydrogen-bond donors (Lipinski definition) is 1. The number of aromatic nitrogens is 2. The lowest BCUT2D eigenvalue weighted by atomic mass is 10.1. The van der Waals surface area contributed by atoms with Crippen LogP contribution in [0.5, 0.6) is 0 Å². The van der Waals surface area contributed by atoms with Crippen molar-refractivity contribution in [2.45, 2.75) is 6.18 Å². The molecule has 0 aliphatic heterocycles. The normalized spacial score (nSPS) is 12.2. The van der Waals surface area contributed by atoms with Gasteiger partial charge in [-0.1, -0.05) is 6.07 Å². The van der Waals surface area contributed by atoms with Crippen LogP contribution in [0.1, 0.15) is 5.56 Å². The molecule has 0 saturated heterocycles. The lowest BCUT2D eigenvalue weighted by molar-refractivity contribution is -0.136. The van der Waals surface area contributed by atoms with Crippen LogP contribution in [-0.2, 0) is 13.2 Å². The van der Waals surface area contributed by atoms with Gasteiger partial charge in [0.05, 0.1) is 5.56 Å². The van der Waals surface area contributed by atoms with E-state index in [1.807, 2.05) is 0 Å². The van der Waals surface area contributed by atoms with Gasteiger partial charge < -0.3 is 10.2 Å². The summed E-state index contributed by atoms with van der Waals surface area (Å²) < 4.78 is 45.7. The number of rotatable bonds is 1. The van der Waals surface area contributed by atoms with Gasteiger partial charge in [0.2, 0.25) is 0 Å². The highest BCUT2D eigenvalue weighted by atomic mass is 19.4. The number of alkyl halides is 3. The van der Waals surface area contributed by atoms with E-state index in [-0.39, 0.29) is 16.8 Å². The average Bonchev–Trinajstić information content (AvgIpc) is 2.89. The van der Waals surface area contributed by atoms with Crippen LogP contribution in [0.3, 0.4) is 0 Å². The second kappa shape index (κ2) is 4.03. The van der Waals surface area contributed by atoms with Gasteiger partial charge in [-0.3, -0.25) is 4.68 Å². The molecule has 0 aliphatic carbocycles. The van der Waals surface area contributed by atoms with E-state index in [0.717, 1.165) is 6.07 Å². The van der Waals surface area contributed by atoms with Crippen molar-refractivity contribution >= 4 is 16.8 Å². The molecule has 20 heavy (non-hydrogen) atoms. The minimum atomic E-state index is -4.42. The Morgan fingerprint density at radius 1 is 1.25 bits per heavy atom. The summed E-state index contributed by atoms with van der Waals surface area (Å²) in [4.78, 5) is 0. The van der Waals surface area contributed by atoms with E-state index in [4.69, 9.17) is 10.2 Å². The van der Waals surface area contributed by atoms with Crippen LogP contribution in [-0.4, -0.2) is 9.78 Å². The predicted octanol–water partition coefficient (Wildman–Crippen LogP) is 3.43. The molecule has 2 aromatic heterocycles. The Balaban J connectivity index is 2.24. The molecule has 3 aromatic rings. The molecule has 104 valence electrons. The molecule has 4 nitrogen and oxygen atoms in total. The summed E-state index contributed by atoms with van der Waals surface area (Å²) in [6.45, 7) is 0. The van der Waals surface area contributed by atoms with Crippen molar-refractivity contribution < 1.29 is 17.6 Å². The number of halogens is 3. The van der Waals surface area contributed by atoms with E-state index in [9.17, 15) is 13.2 Å². The van der Waals surface area contributed by atoms with Crippen LogP contribution in [0, 0.1) is 0 Å². The third kappa shape index (κ3) is 1.91. The number of nitrogens with two attached hydrogens (primary N) is 1. The highest BCUT2D eigenvalue weighted by molar-refractivity contribution is 5.86. The van der Waals surface area contributed by atoms with Crippen LogP contribution >= 0.6 is 0 Å².